The Balaban J connectivity index is 2.01. The molecule has 3 N–H and O–H groups in total. The Morgan fingerprint density at radius 3 is 2.78 bits per heavy atom. The number of nitrogens with one attached hydrogen (secondary N) is 2. The first-order valence-corrected chi connectivity index (χ1v) is 12.4. The van der Waals surface area contributed by atoms with E-state index in [1.165, 1.54) is 4.57 Å². The largest absolute Gasteiger partial charge is 0.434 e. The minimum atomic E-state index is -1.19. The predicted molar refractivity (Wildman–Crippen MR) is 139 cm³/mol. The number of thiophene rings is 1. The van der Waals surface area contributed by atoms with E-state index in [4.69, 9.17) is 4.74 Å². The van der Waals surface area contributed by atoms with Crippen molar-refractivity contribution in [1.29, 1.82) is 0 Å². The molecular weight excluding hydrogens is 483 g/mol. The average molecular weight is 513 g/mol. The number of carbonyl (C=O) groups excluding carboxylic acids is 1. The number of carbonyl (C=O) groups is 1. The van der Waals surface area contributed by atoms with Crippen LogP contribution < -0.4 is 15.6 Å². The summed E-state index contributed by atoms with van der Waals surface area (Å²) in [6.45, 7) is 9.02. The molecule has 0 aliphatic rings. The Bertz CT molecular complexity index is 1510. The molecule has 1 amide bonds. The molecule has 0 aromatic carbocycles. The van der Waals surface area contributed by atoms with E-state index in [-0.39, 0.29) is 34.3 Å². The molecule has 8 nitrogen and oxygen atoms in total. The second kappa shape index (κ2) is 9.51. The van der Waals surface area contributed by atoms with Gasteiger partial charge < -0.3 is 24.7 Å². The van der Waals surface area contributed by atoms with E-state index in [1.54, 1.807) is 59.3 Å². The van der Waals surface area contributed by atoms with Gasteiger partial charge in [0, 0.05) is 48.4 Å². The number of pyridine rings is 2. The predicted octanol–water partition coefficient (Wildman–Crippen LogP) is 4.85. The number of hydrogen-bond acceptors (Lipinski definition) is 6. The van der Waals surface area contributed by atoms with Gasteiger partial charge in [0.15, 0.2) is 11.6 Å². The summed E-state index contributed by atoms with van der Waals surface area (Å²) in [6.07, 6.45) is 3.16. The number of hydrogen-bond donors (Lipinski definition) is 3. The highest BCUT2D eigenvalue weighted by molar-refractivity contribution is 7.16. The molecule has 10 heteroatoms. The number of amides is 1. The zero-order chi connectivity index (χ0) is 26.4. The Morgan fingerprint density at radius 1 is 1.42 bits per heavy atom. The van der Waals surface area contributed by atoms with Gasteiger partial charge in [-0.1, -0.05) is 13.0 Å². The molecule has 0 saturated heterocycles. The van der Waals surface area contributed by atoms with Gasteiger partial charge in [-0.25, -0.2) is 9.37 Å². The molecule has 4 heterocycles. The molecule has 4 rings (SSSR count). The summed E-state index contributed by atoms with van der Waals surface area (Å²) in [5, 5.41) is 13.8. The van der Waals surface area contributed by atoms with E-state index < -0.39 is 17.3 Å². The van der Waals surface area contributed by atoms with Crippen LogP contribution in [0.5, 0.6) is 11.6 Å². The minimum Gasteiger partial charge on any atom is -0.434 e. The maximum absolute atomic E-state index is 16.0. The van der Waals surface area contributed by atoms with Gasteiger partial charge in [-0.15, -0.1) is 11.3 Å². The van der Waals surface area contributed by atoms with E-state index >= 15 is 4.39 Å². The van der Waals surface area contributed by atoms with Crippen molar-refractivity contribution in [2.45, 2.75) is 46.1 Å². The summed E-state index contributed by atoms with van der Waals surface area (Å²) in [4.78, 5) is 33.3. The van der Waals surface area contributed by atoms with Crippen molar-refractivity contribution in [3.63, 3.8) is 0 Å². The molecule has 0 radical (unpaired) electrons. The van der Waals surface area contributed by atoms with Crippen molar-refractivity contribution in [2.24, 2.45) is 7.05 Å². The molecule has 0 aliphatic heterocycles. The van der Waals surface area contributed by atoms with Crippen LogP contribution in [-0.4, -0.2) is 37.7 Å². The van der Waals surface area contributed by atoms with E-state index in [9.17, 15) is 14.7 Å². The molecule has 0 fully saturated rings. The number of H-pyrrole nitrogens is 1. The molecule has 0 saturated carbocycles. The maximum atomic E-state index is 16.0. The second-order valence-electron chi connectivity index (χ2n) is 9.33. The van der Waals surface area contributed by atoms with Gasteiger partial charge >= 0.3 is 0 Å². The highest BCUT2D eigenvalue weighted by atomic mass is 32.1. The number of fused-ring (bicyclic) bond motifs is 1. The first kappa shape index (κ1) is 25.6. The monoisotopic (exact) mass is 512 g/mol. The van der Waals surface area contributed by atoms with Gasteiger partial charge in [-0.05, 0) is 39.8 Å². The maximum Gasteiger partial charge on any atom is 0.274 e. The first-order chi connectivity index (χ1) is 16.9. The number of halogens is 1. The lowest BCUT2D eigenvalue weighted by Gasteiger charge is -2.24. The van der Waals surface area contributed by atoms with Gasteiger partial charge in [0.05, 0.1) is 15.4 Å². The van der Waals surface area contributed by atoms with Crippen LogP contribution in [0.15, 0.2) is 35.4 Å². The number of aryl methyl sites for hydroxylation is 2. The lowest BCUT2D eigenvalue weighted by Crippen LogP contribution is -2.26. The third-order valence-corrected chi connectivity index (χ3v) is 7.60. The molecule has 1 atom stereocenters. The summed E-state index contributed by atoms with van der Waals surface area (Å²) in [5.74, 6) is -1.31. The van der Waals surface area contributed by atoms with E-state index in [0.29, 0.717) is 27.2 Å². The van der Waals surface area contributed by atoms with Crippen molar-refractivity contribution in [3.8, 4) is 22.1 Å². The Labute approximate surface area is 211 Å². The minimum absolute atomic E-state index is 0.0476. The van der Waals surface area contributed by atoms with Gasteiger partial charge in [0.25, 0.3) is 11.5 Å². The number of nitrogens with zero attached hydrogens (tertiary/aromatic N) is 2. The van der Waals surface area contributed by atoms with Crippen LogP contribution in [0.3, 0.4) is 0 Å². The lowest BCUT2D eigenvalue weighted by molar-refractivity contribution is 0.0558. The fourth-order valence-electron chi connectivity index (χ4n) is 3.85. The van der Waals surface area contributed by atoms with Crippen molar-refractivity contribution >= 4 is 28.1 Å². The zero-order valence-electron chi connectivity index (χ0n) is 21.0. The van der Waals surface area contributed by atoms with Crippen LogP contribution in [0.4, 0.5) is 4.39 Å². The highest BCUT2D eigenvalue weighted by Gasteiger charge is 2.33. The van der Waals surface area contributed by atoms with Gasteiger partial charge in [-0.2, -0.15) is 0 Å². The normalized spacial score (nSPS) is 12.7. The van der Waals surface area contributed by atoms with E-state index in [0.717, 1.165) is 16.9 Å². The molecule has 0 spiro atoms. The smallest absolute Gasteiger partial charge is 0.274 e. The number of ether oxygens (including phenoxy) is 1. The molecule has 36 heavy (non-hydrogen) atoms. The third-order valence-electron chi connectivity index (χ3n) is 6.24. The summed E-state index contributed by atoms with van der Waals surface area (Å²) in [5.41, 5.74) is 0.162. The van der Waals surface area contributed by atoms with Crippen molar-refractivity contribution in [1.82, 2.24) is 19.9 Å². The average Bonchev–Trinajstić information content (AvgIpc) is 3.40. The Morgan fingerprint density at radius 2 is 2.14 bits per heavy atom. The fourth-order valence-corrected chi connectivity index (χ4v) is 5.21. The molecule has 0 bridgehead atoms. The quantitative estimate of drug-likeness (QED) is 0.328. The molecule has 4 aromatic rings. The Kier molecular flexibility index (Phi) is 6.76. The SMILES string of the molecule is CCNC(=O)c1cc2c(-c3sc(C(C)C(C)(C)O)c(F)c3Oc3ncccc3C)cn(C)c(=O)c2[nH]1. The summed E-state index contributed by atoms with van der Waals surface area (Å²) >= 11 is 1.14. The van der Waals surface area contributed by atoms with Crippen LogP contribution in [0.2, 0.25) is 0 Å². The number of aromatic amines is 1. The second-order valence-corrected chi connectivity index (χ2v) is 10.4. The van der Waals surface area contributed by atoms with Crippen molar-refractivity contribution in [2.75, 3.05) is 6.54 Å². The van der Waals surface area contributed by atoms with Crippen LogP contribution in [-0.2, 0) is 7.05 Å². The standard InChI is InChI=1S/C26H29FN4O4S/c1-7-28-23(32)17-11-15-16(12-31(6)25(33)19(15)30-17)22-20(35-24-13(2)9-8-10-29-24)18(27)21(36-22)14(3)26(4,5)34/h8-12,14,30,34H,7H2,1-6H3,(H,28,32). The topological polar surface area (TPSA) is 109 Å². The molecule has 190 valence electrons. The van der Waals surface area contributed by atoms with Crippen LogP contribution in [0.25, 0.3) is 21.3 Å². The van der Waals surface area contributed by atoms with Crippen molar-refractivity contribution in [3.05, 3.63) is 62.9 Å². The van der Waals surface area contributed by atoms with Crippen LogP contribution in [0, 0.1) is 12.7 Å². The third kappa shape index (κ3) is 4.54. The molecule has 0 aliphatic carbocycles. The molecule has 4 aromatic heterocycles. The summed E-state index contributed by atoms with van der Waals surface area (Å²) in [6, 6.07) is 5.15. The fraction of sp³-hybridized carbons (Fsp3) is 0.346. The lowest BCUT2D eigenvalue weighted by atomic mass is 9.91. The zero-order valence-corrected chi connectivity index (χ0v) is 21.8. The van der Waals surface area contributed by atoms with Gasteiger partial charge in [0.2, 0.25) is 5.88 Å². The number of aromatic nitrogens is 3. The highest BCUT2D eigenvalue weighted by Crippen LogP contribution is 2.49. The van der Waals surface area contributed by atoms with Crippen molar-refractivity contribution < 1.29 is 19.0 Å². The van der Waals surface area contributed by atoms with Crippen LogP contribution >= 0.6 is 11.3 Å². The Hall–Kier alpha value is -3.50. The molecular formula is C26H29FN4O4S. The van der Waals surface area contributed by atoms with Crippen LogP contribution in [0.1, 0.15) is 54.5 Å². The first-order valence-electron chi connectivity index (χ1n) is 11.6. The number of rotatable bonds is 7. The van der Waals surface area contributed by atoms with E-state index in [2.05, 4.69) is 15.3 Å². The number of aliphatic hydroxyl groups is 1. The van der Waals surface area contributed by atoms with E-state index in [1.807, 2.05) is 13.0 Å². The summed E-state index contributed by atoms with van der Waals surface area (Å²) < 4.78 is 23.4. The summed E-state index contributed by atoms with van der Waals surface area (Å²) in [7, 11) is 1.59. The van der Waals surface area contributed by atoms with Gasteiger partial charge in [-0.3, -0.25) is 9.59 Å². The molecule has 1 unspecified atom stereocenters. The van der Waals surface area contributed by atoms with Gasteiger partial charge in [0.1, 0.15) is 11.2 Å².